The van der Waals surface area contributed by atoms with E-state index >= 15 is 0 Å². The molecule has 0 heterocycles. The van der Waals surface area contributed by atoms with Crippen LogP contribution in [0.25, 0.3) is 0 Å². The molecule has 0 saturated heterocycles. The van der Waals surface area contributed by atoms with Crippen molar-refractivity contribution in [2.45, 2.75) is 6.54 Å². The first kappa shape index (κ1) is 13.7. The molecule has 0 aliphatic rings. The van der Waals surface area contributed by atoms with Gasteiger partial charge in [0.25, 0.3) is 0 Å². The maximum absolute atomic E-state index is 13.1. The summed E-state index contributed by atoms with van der Waals surface area (Å²) in [6, 6.07) is 10.1. The monoisotopic (exact) mass is 347 g/mol. The second kappa shape index (κ2) is 5.91. The average molecular weight is 349 g/mol. The van der Waals surface area contributed by atoms with Gasteiger partial charge in [-0.25, -0.2) is 4.39 Å². The second-order valence-corrected chi connectivity index (χ2v) is 5.43. The average Bonchev–Trinajstić information content (AvgIpc) is 2.27. The second-order valence-electron chi connectivity index (χ2n) is 3.73. The van der Waals surface area contributed by atoms with Gasteiger partial charge in [-0.05, 0) is 45.8 Å². The van der Waals surface area contributed by atoms with Crippen LogP contribution in [-0.2, 0) is 6.54 Å². The van der Waals surface area contributed by atoms with Crippen molar-refractivity contribution in [1.82, 2.24) is 0 Å². The lowest BCUT2D eigenvalue weighted by atomic mass is 10.2. The minimum atomic E-state index is -0.375. The number of benzene rings is 2. The van der Waals surface area contributed by atoms with E-state index in [4.69, 9.17) is 23.2 Å². The van der Waals surface area contributed by atoms with Crippen molar-refractivity contribution < 1.29 is 4.39 Å². The number of anilines is 1. The predicted octanol–water partition coefficient (Wildman–Crippen LogP) is 5.51. The normalized spacial score (nSPS) is 10.4. The zero-order valence-electron chi connectivity index (χ0n) is 9.18. The summed E-state index contributed by atoms with van der Waals surface area (Å²) in [4.78, 5) is 0. The minimum Gasteiger partial charge on any atom is -0.379 e. The molecule has 2 aromatic carbocycles. The Morgan fingerprint density at radius 3 is 2.61 bits per heavy atom. The molecule has 0 bridgehead atoms. The van der Waals surface area contributed by atoms with E-state index in [9.17, 15) is 4.39 Å². The van der Waals surface area contributed by atoms with Gasteiger partial charge in [0.05, 0.1) is 10.7 Å². The van der Waals surface area contributed by atoms with E-state index < -0.39 is 0 Å². The SMILES string of the molecule is Fc1cc(Cl)c(NCc2cccc(Cl)c2)c(Br)c1. The summed E-state index contributed by atoms with van der Waals surface area (Å²) in [6.45, 7) is 0.560. The molecule has 0 unspecified atom stereocenters. The summed E-state index contributed by atoms with van der Waals surface area (Å²) in [7, 11) is 0. The highest BCUT2D eigenvalue weighted by atomic mass is 79.9. The topological polar surface area (TPSA) is 12.0 Å². The fraction of sp³-hybridized carbons (Fsp3) is 0.0769. The third-order valence-corrected chi connectivity index (χ3v) is 3.52. The van der Waals surface area contributed by atoms with Gasteiger partial charge in [-0.15, -0.1) is 0 Å². The van der Waals surface area contributed by atoms with Gasteiger partial charge in [0, 0.05) is 16.0 Å². The summed E-state index contributed by atoms with van der Waals surface area (Å²) in [5, 5.41) is 4.16. The van der Waals surface area contributed by atoms with Gasteiger partial charge in [0.1, 0.15) is 5.82 Å². The Labute approximate surface area is 123 Å². The van der Waals surface area contributed by atoms with Crippen molar-refractivity contribution in [1.29, 1.82) is 0 Å². The Morgan fingerprint density at radius 1 is 1.17 bits per heavy atom. The summed E-state index contributed by atoms with van der Waals surface area (Å²) in [5.41, 5.74) is 1.69. The Kier molecular flexibility index (Phi) is 4.49. The number of halogens is 4. The molecule has 0 aliphatic carbocycles. The van der Waals surface area contributed by atoms with E-state index in [-0.39, 0.29) is 5.82 Å². The van der Waals surface area contributed by atoms with E-state index in [1.54, 1.807) is 0 Å². The van der Waals surface area contributed by atoms with Crippen LogP contribution in [-0.4, -0.2) is 0 Å². The quantitative estimate of drug-likeness (QED) is 0.771. The van der Waals surface area contributed by atoms with E-state index in [0.717, 1.165) is 5.56 Å². The highest BCUT2D eigenvalue weighted by Crippen LogP contribution is 2.32. The first-order valence-corrected chi connectivity index (χ1v) is 6.74. The van der Waals surface area contributed by atoms with Crippen molar-refractivity contribution >= 4 is 44.8 Å². The van der Waals surface area contributed by atoms with Gasteiger partial charge in [-0.2, -0.15) is 0 Å². The lowest BCUT2D eigenvalue weighted by Gasteiger charge is -2.11. The predicted molar refractivity (Wildman–Crippen MR) is 77.9 cm³/mol. The van der Waals surface area contributed by atoms with Crippen molar-refractivity contribution in [3.63, 3.8) is 0 Å². The summed E-state index contributed by atoms with van der Waals surface area (Å²) in [5.74, 6) is -0.375. The molecule has 0 aliphatic heterocycles. The molecular weight excluding hydrogens is 340 g/mol. The van der Waals surface area contributed by atoms with E-state index in [0.29, 0.717) is 26.8 Å². The molecule has 0 fully saturated rings. The zero-order valence-corrected chi connectivity index (χ0v) is 12.3. The molecule has 1 nitrogen and oxygen atoms in total. The van der Waals surface area contributed by atoms with Crippen molar-refractivity contribution in [3.8, 4) is 0 Å². The molecule has 0 spiro atoms. The van der Waals surface area contributed by atoms with E-state index in [2.05, 4.69) is 21.2 Å². The van der Waals surface area contributed by atoms with Crippen molar-refractivity contribution in [2.24, 2.45) is 0 Å². The first-order valence-electron chi connectivity index (χ1n) is 5.19. The third kappa shape index (κ3) is 3.37. The van der Waals surface area contributed by atoms with Crippen molar-refractivity contribution in [3.05, 3.63) is 62.3 Å². The highest BCUT2D eigenvalue weighted by Gasteiger charge is 2.07. The van der Waals surface area contributed by atoms with E-state index in [1.807, 2.05) is 24.3 Å². The van der Waals surface area contributed by atoms with Gasteiger partial charge >= 0.3 is 0 Å². The smallest absolute Gasteiger partial charge is 0.125 e. The molecule has 0 aromatic heterocycles. The largest absolute Gasteiger partial charge is 0.379 e. The van der Waals surface area contributed by atoms with Crippen LogP contribution in [0.2, 0.25) is 10.0 Å². The van der Waals surface area contributed by atoms with Crippen LogP contribution in [0.15, 0.2) is 40.9 Å². The maximum Gasteiger partial charge on any atom is 0.125 e. The van der Waals surface area contributed by atoms with Crippen LogP contribution >= 0.6 is 39.1 Å². The molecule has 1 N–H and O–H groups in total. The molecule has 5 heteroatoms. The first-order chi connectivity index (χ1) is 8.56. The van der Waals surface area contributed by atoms with Crippen molar-refractivity contribution in [2.75, 3.05) is 5.32 Å². The number of rotatable bonds is 3. The zero-order chi connectivity index (χ0) is 13.1. The standard InChI is InChI=1S/C13H9BrCl2FN/c14-11-5-10(17)6-12(16)13(11)18-7-8-2-1-3-9(15)4-8/h1-6,18H,7H2. The van der Waals surface area contributed by atoms with Gasteiger partial charge < -0.3 is 5.32 Å². The Bertz CT molecular complexity index is 552. The molecule has 2 rings (SSSR count). The Balaban J connectivity index is 2.16. The van der Waals surface area contributed by atoms with Crippen LogP contribution in [0.3, 0.4) is 0 Å². The van der Waals surface area contributed by atoms with Gasteiger partial charge in [-0.1, -0.05) is 35.3 Å². The van der Waals surface area contributed by atoms with Gasteiger partial charge in [0.15, 0.2) is 0 Å². The highest BCUT2D eigenvalue weighted by molar-refractivity contribution is 9.10. The molecule has 0 saturated carbocycles. The molecule has 0 amide bonds. The number of hydrogen-bond donors (Lipinski definition) is 1. The van der Waals surface area contributed by atoms with Gasteiger partial charge in [-0.3, -0.25) is 0 Å². The third-order valence-electron chi connectivity index (χ3n) is 2.37. The Morgan fingerprint density at radius 2 is 1.94 bits per heavy atom. The number of nitrogens with one attached hydrogen (secondary N) is 1. The molecule has 18 heavy (non-hydrogen) atoms. The lowest BCUT2D eigenvalue weighted by molar-refractivity contribution is 0.627. The van der Waals surface area contributed by atoms with Crippen LogP contribution < -0.4 is 5.32 Å². The summed E-state index contributed by atoms with van der Waals surface area (Å²) in [6.07, 6.45) is 0. The minimum absolute atomic E-state index is 0.337. The van der Waals surface area contributed by atoms with Crippen LogP contribution in [0, 0.1) is 5.82 Å². The lowest BCUT2D eigenvalue weighted by Crippen LogP contribution is -2.01. The molecule has 2 aromatic rings. The molecule has 0 atom stereocenters. The van der Waals surface area contributed by atoms with E-state index in [1.165, 1.54) is 12.1 Å². The summed E-state index contributed by atoms with van der Waals surface area (Å²) < 4.78 is 13.7. The summed E-state index contributed by atoms with van der Waals surface area (Å²) >= 11 is 15.1. The molecule has 0 radical (unpaired) electrons. The fourth-order valence-corrected chi connectivity index (χ4v) is 2.72. The fourth-order valence-electron chi connectivity index (χ4n) is 1.55. The molecular formula is C13H9BrCl2FN. The van der Waals surface area contributed by atoms with Gasteiger partial charge in [0.2, 0.25) is 0 Å². The van der Waals surface area contributed by atoms with Crippen LogP contribution in [0.5, 0.6) is 0 Å². The Hall–Kier alpha value is -0.770. The number of hydrogen-bond acceptors (Lipinski definition) is 1. The molecule has 94 valence electrons. The van der Waals surface area contributed by atoms with Crippen LogP contribution in [0.1, 0.15) is 5.56 Å². The van der Waals surface area contributed by atoms with Crippen LogP contribution in [0.4, 0.5) is 10.1 Å². The maximum atomic E-state index is 13.1.